The van der Waals surface area contributed by atoms with Crippen LogP contribution in [0.5, 0.6) is 0 Å². The zero-order valence-corrected chi connectivity index (χ0v) is 17.2. The normalized spacial score (nSPS) is 15.3. The van der Waals surface area contributed by atoms with Crippen molar-refractivity contribution in [2.75, 3.05) is 32.8 Å². The number of aromatic nitrogens is 4. The Morgan fingerprint density at radius 2 is 1.97 bits per heavy atom. The van der Waals surface area contributed by atoms with Crippen LogP contribution in [0.25, 0.3) is 10.9 Å². The Hall–Kier alpha value is -2.30. The lowest BCUT2D eigenvalue weighted by Gasteiger charge is -2.26. The molecule has 7 nitrogen and oxygen atoms in total. The molecule has 3 aromatic rings. The molecule has 1 fully saturated rings. The van der Waals surface area contributed by atoms with Crippen LogP contribution in [0, 0.1) is 0 Å². The van der Waals surface area contributed by atoms with Crippen molar-refractivity contribution in [3.8, 4) is 0 Å². The molecule has 3 heterocycles. The van der Waals surface area contributed by atoms with Gasteiger partial charge in [0.05, 0.1) is 29.9 Å². The number of imidazole rings is 1. The van der Waals surface area contributed by atoms with Gasteiger partial charge in [-0.05, 0) is 18.6 Å². The Labute approximate surface area is 176 Å². The highest BCUT2D eigenvalue weighted by Gasteiger charge is 2.16. The van der Waals surface area contributed by atoms with Gasteiger partial charge in [0.2, 0.25) is 0 Å². The molecule has 0 atom stereocenters. The Bertz CT molecular complexity index is 1050. The van der Waals surface area contributed by atoms with Crippen molar-refractivity contribution in [1.82, 2.24) is 24.0 Å². The highest BCUT2D eigenvalue weighted by Crippen LogP contribution is 2.24. The monoisotopic (exact) mass is 435 g/mol. The van der Waals surface area contributed by atoms with E-state index in [1.54, 1.807) is 16.7 Å². The van der Waals surface area contributed by atoms with Crippen molar-refractivity contribution in [1.29, 1.82) is 0 Å². The summed E-state index contributed by atoms with van der Waals surface area (Å²) in [6.07, 6.45) is 3.40. The van der Waals surface area contributed by atoms with Gasteiger partial charge in [-0.3, -0.25) is 18.8 Å². The Morgan fingerprint density at radius 3 is 2.77 bits per heavy atom. The number of para-hydroxylation sites is 1. The fourth-order valence-corrected chi connectivity index (χ4v) is 4.47. The standard InChI is InChI=1S/C20H23F2N5O2S/c21-19(22)26-9-6-23-17(26)14-30-20-24-16-5-2-1-4-15(16)18(28)27(20)8-3-7-25-10-12-29-13-11-25/h1-2,4-6,9,19H,3,7-8,10-14H2. The van der Waals surface area contributed by atoms with Crippen molar-refractivity contribution >= 4 is 22.7 Å². The van der Waals surface area contributed by atoms with Crippen LogP contribution in [0.15, 0.2) is 46.6 Å². The number of hydrogen-bond acceptors (Lipinski definition) is 6. The first-order valence-corrected chi connectivity index (χ1v) is 10.8. The number of alkyl halides is 2. The minimum Gasteiger partial charge on any atom is -0.379 e. The SMILES string of the molecule is O=c1c2ccccc2nc(SCc2nccn2C(F)F)n1CCCN1CCOCC1. The molecule has 0 unspecified atom stereocenters. The number of thioether (sulfide) groups is 1. The van der Waals surface area contributed by atoms with Gasteiger partial charge >= 0.3 is 6.55 Å². The third kappa shape index (κ3) is 4.71. The van der Waals surface area contributed by atoms with E-state index in [2.05, 4.69) is 14.9 Å². The molecular weight excluding hydrogens is 412 g/mol. The van der Waals surface area contributed by atoms with Gasteiger partial charge in [0, 0.05) is 38.6 Å². The fourth-order valence-electron chi connectivity index (χ4n) is 3.49. The fraction of sp³-hybridized carbons (Fsp3) is 0.450. The van der Waals surface area contributed by atoms with Gasteiger partial charge in [-0.25, -0.2) is 9.97 Å². The molecule has 0 amide bonds. The summed E-state index contributed by atoms with van der Waals surface area (Å²) in [4.78, 5) is 24.1. The van der Waals surface area contributed by atoms with Crippen LogP contribution in [0.2, 0.25) is 0 Å². The van der Waals surface area contributed by atoms with Crippen LogP contribution < -0.4 is 5.56 Å². The summed E-state index contributed by atoms with van der Waals surface area (Å²) in [7, 11) is 0. The topological polar surface area (TPSA) is 65.2 Å². The summed E-state index contributed by atoms with van der Waals surface area (Å²) >= 11 is 1.25. The predicted molar refractivity (Wildman–Crippen MR) is 111 cm³/mol. The molecule has 160 valence electrons. The molecule has 1 aromatic carbocycles. The van der Waals surface area contributed by atoms with Crippen LogP contribution in [-0.4, -0.2) is 56.9 Å². The zero-order valence-electron chi connectivity index (χ0n) is 16.4. The molecule has 2 aromatic heterocycles. The van der Waals surface area contributed by atoms with E-state index in [0.29, 0.717) is 22.6 Å². The Morgan fingerprint density at radius 1 is 1.17 bits per heavy atom. The molecule has 0 aliphatic carbocycles. The molecular formula is C20H23F2N5O2S. The smallest absolute Gasteiger partial charge is 0.319 e. The van der Waals surface area contributed by atoms with Gasteiger partial charge in [-0.15, -0.1) is 0 Å². The van der Waals surface area contributed by atoms with Gasteiger partial charge in [0.1, 0.15) is 5.82 Å². The Kier molecular flexibility index (Phi) is 6.76. The summed E-state index contributed by atoms with van der Waals surface area (Å²) in [5.74, 6) is 0.447. The van der Waals surface area contributed by atoms with Gasteiger partial charge in [0.25, 0.3) is 5.56 Å². The van der Waals surface area contributed by atoms with Crippen LogP contribution in [0.4, 0.5) is 8.78 Å². The van der Waals surface area contributed by atoms with Crippen LogP contribution >= 0.6 is 11.8 Å². The first kappa shape index (κ1) is 21.0. The maximum absolute atomic E-state index is 13.1. The molecule has 0 radical (unpaired) electrons. The van der Waals surface area contributed by atoms with E-state index in [1.165, 1.54) is 24.2 Å². The second kappa shape index (κ2) is 9.67. The molecule has 0 saturated carbocycles. The lowest BCUT2D eigenvalue weighted by molar-refractivity contribution is 0.0368. The summed E-state index contributed by atoms with van der Waals surface area (Å²) in [5, 5.41) is 1.08. The molecule has 1 aliphatic rings. The predicted octanol–water partition coefficient (Wildman–Crippen LogP) is 3.00. The zero-order chi connectivity index (χ0) is 20.9. The van der Waals surface area contributed by atoms with Gasteiger partial charge in [-0.2, -0.15) is 8.78 Å². The van der Waals surface area contributed by atoms with E-state index >= 15 is 0 Å². The van der Waals surface area contributed by atoms with E-state index < -0.39 is 6.55 Å². The maximum atomic E-state index is 13.1. The van der Waals surface area contributed by atoms with Gasteiger partial charge in [0.15, 0.2) is 5.16 Å². The van der Waals surface area contributed by atoms with E-state index in [-0.39, 0.29) is 17.1 Å². The molecule has 0 bridgehead atoms. The van der Waals surface area contributed by atoms with Crippen molar-refractivity contribution in [3.05, 3.63) is 52.8 Å². The third-order valence-electron chi connectivity index (χ3n) is 5.08. The summed E-state index contributed by atoms with van der Waals surface area (Å²) in [6.45, 7) is 1.97. The summed E-state index contributed by atoms with van der Waals surface area (Å²) in [5.41, 5.74) is 0.494. The number of morpholine rings is 1. The molecule has 1 aliphatic heterocycles. The average Bonchev–Trinajstić information content (AvgIpc) is 3.24. The number of nitrogens with zero attached hydrogens (tertiary/aromatic N) is 5. The first-order valence-electron chi connectivity index (χ1n) is 9.86. The quantitative estimate of drug-likeness (QED) is 0.400. The largest absolute Gasteiger partial charge is 0.379 e. The third-order valence-corrected chi connectivity index (χ3v) is 6.05. The Balaban J connectivity index is 1.55. The van der Waals surface area contributed by atoms with Crippen LogP contribution in [0.1, 0.15) is 18.8 Å². The molecule has 0 spiro atoms. The minimum atomic E-state index is -2.65. The first-order chi connectivity index (χ1) is 14.6. The van der Waals surface area contributed by atoms with Crippen LogP contribution in [0.3, 0.4) is 0 Å². The number of hydrogen-bond donors (Lipinski definition) is 0. The molecule has 30 heavy (non-hydrogen) atoms. The molecule has 1 saturated heterocycles. The summed E-state index contributed by atoms with van der Waals surface area (Å²) < 4.78 is 34.1. The second-order valence-electron chi connectivity index (χ2n) is 6.99. The van der Waals surface area contributed by atoms with E-state index in [1.807, 2.05) is 12.1 Å². The van der Waals surface area contributed by atoms with Gasteiger partial charge < -0.3 is 4.74 Å². The van der Waals surface area contributed by atoms with E-state index in [0.717, 1.165) is 43.8 Å². The van der Waals surface area contributed by atoms with Crippen molar-refractivity contribution < 1.29 is 13.5 Å². The number of halogens is 2. The van der Waals surface area contributed by atoms with Crippen molar-refractivity contribution in [3.63, 3.8) is 0 Å². The summed E-state index contributed by atoms with van der Waals surface area (Å²) in [6, 6.07) is 7.20. The van der Waals surface area contributed by atoms with E-state index in [4.69, 9.17) is 4.74 Å². The number of ether oxygens (including phenoxy) is 1. The van der Waals surface area contributed by atoms with Gasteiger partial charge in [-0.1, -0.05) is 23.9 Å². The maximum Gasteiger partial charge on any atom is 0.319 e. The highest BCUT2D eigenvalue weighted by atomic mass is 32.2. The second-order valence-corrected chi connectivity index (χ2v) is 7.94. The van der Waals surface area contributed by atoms with Crippen molar-refractivity contribution in [2.45, 2.75) is 30.4 Å². The molecule has 10 heteroatoms. The molecule has 0 N–H and O–H groups in total. The lowest BCUT2D eigenvalue weighted by atomic mass is 10.2. The lowest BCUT2D eigenvalue weighted by Crippen LogP contribution is -2.37. The van der Waals surface area contributed by atoms with Crippen molar-refractivity contribution in [2.24, 2.45) is 0 Å². The van der Waals surface area contributed by atoms with Crippen LogP contribution in [-0.2, 0) is 17.0 Å². The average molecular weight is 436 g/mol. The number of fused-ring (bicyclic) bond motifs is 1. The van der Waals surface area contributed by atoms with E-state index in [9.17, 15) is 13.6 Å². The number of benzene rings is 1. The minimum absolute atomic E-state index is 0.109. The molecule has 4 rings (SSSR count). The highest BCUT2D eigenvalue weighted by molar-refractivity contribution is 7.98. The number of rotatable bonds is 8.